The maximum absolute atomic E-state index is 12.7. The van der Waals surface area contributed by atoms with E-state index in [1.54, 1.807) is 11.8 Å². The molecular weight excluding hydrogens is 296 g/mol. The van der Waals surface area contributed by atoms with E-state index in [0.717, 1.165) is 30.7 Å². The number of nitrogens with one attached hydrogen (secondary N) is 2. The molecule has 0 aromatic heterocycles. The summed E-state index contributed by atoms with van der Waals surface area (Å²) in [5.41, 5.74) is -0.745. The average Bonchev–Trinajstić information content (AvgIpc) is 3.21. The van der Waals surface area contributed by atoms with Gasteiger partial charge in [0.05, 0.1) is 0 Å². The Bertz CT molecular complexity index is 515. The van der Waals surface area contributed by atoms with Crippen molar-refractivity contribution >= 4 is 17.8 Å². The molecule has 23 heavy (non-hydrogen) atoms. The number of rotatable bonds is 4. The van der Waals surface area contributed by atoms with Crippen molar-refractivity contribution in [2.45, 2.75) is 50.6 Å². The summed E-state index contributed by atoms with van der Waals surface area (Å²) < 4.78 is 0. The quantitative estimate of drug-likeness (QED) is 0.730. The minimum atomic E-state index is -0.745. The fourth-order valence-electron chi connectivity index (χ4n) is 4.17. The summed E-state index contributed by atoms with van der Waals surface area (Å²) >= 11 is 0. The molecule has 1 saturated carbocycles. The first-order valence-corrected chi connectivity index (χ1v) is 8.58. The summed E-state index contributed by atoms with van der Waals surface area (Å²) in [6.07, 6.45) is 4.22. The monoisotopic (exact) mass is 322 g/mol. The van der Waals surface area contributed by atoms with Crippen LogP contribution in [0.4, 0.5) is 4.79 Å². The summed E-state index contributed by atoms with van der Waals surface area (Å²) in [7, 11) is 1.90. The van der Waals surface area contributed by atoms with Crippen LogP contribution in [0.15, 0.2) is 0 Å². The third-order valence-electron chi connectivity index (χ3n) is 5.49. The Morgan fingerprint density at radius 2 is 2.09 bits per heavy atom. The molecule has 7 nitrogen and oxygen atoms in total. The average molecular weight is 322 g/mol. The fraction of sp³-hybridized carbons (Fsp3) is 0.812. The molecule has 1 aliphatic carbocycles. The first-order chi connectivity index (χ1) is 11.0. The second kappa shape index (κ2) is 6.11. The van der Waals surface area contributed by atoms with Crippen LogP contribution in [-0.2, 0) is 9.59 Å². The Labute approximate surface area is 136 Å². The summed E-state index contributed by atoms with van der Waals surface area (Å²) in [5, 5.41) is 5.98. The van der Waals surface area contributed by atoms with Crippen LogP contribution >= 0.6 is 0 Å². The Morgan fingerprint density at radius 3 is 2.74 bits per heavy atom. The van der Waals surface area contributed by atoms with E-state index in [2.05, 4.69) is 10.6 Å². The van der Waals surface area contributed by atoms with Crippen LogP contribution in [0.1, 0.15) is 39.0 Å². The van der Waals surface area contributed by atoms with Crippen LogP contribution in [0.2, 0.25) is 0 Å². The lowest BCUT2D eigenvalue weighted by Crippen LogP contribution is -2.50. The Balaban J connectivity index is 1.68. The van der Waals surface area contributed by atoms with Gasteiger partial charge in [0.25, 0.3) is 5.91 Å². The molecule has 0 bridgehead atoms. The SMILES string of the molecule is CNC[C@H]1CCN(C(=O)[C@H](C)N2C(=O)NC3(CCCC3)C2=O)C1. The number of imide groups is 1. The summed E-state index contributed by atoms with van der Waals surface area (Å²) in [4.78, 5) is 40.7. The molecule has 128 valence electrons. The molecule has 2 atom stereocenters. The van der Waals surface area contributed by atoms with Crippen LogP contribution in [0.25, 0.3) is 0 Å². The number of likely N-dealkylation sites (tertiary alicyclic amines) is 1. The van der Waals surface area contributed by atoms with Gasteiger partial charge in [0.1, 0.15) is 11.6 Å². The van der Waals surface area contributed by atoms with Crippen molar-refractivity contribution in [3.05, 3.63) is 0 Å². The molecule has 0 aromatic rings. The van der Waals surface area contributed by atoms with Crippen molar-refractivity contribution in [2.24, 2.45) is 5.92 Å². The van der Waals surface area contributed by atoms with E-state index in [1.807, 2.05) is 7.05 Å². The summed E-state index contributed by atoms with van der Waals surface area (Å²) in [6.45, 7) is 3.94. The van der Waals surface area contributed by atoms with E-state index in [9.17, 15) is 14.4 Å². The highest BCUT2D eigenvalue weighted by Gasteiger charge is 2.54. The van der Waals surface area contributed by atoms with Crippen molar-refractivity contribution in [2.75, 3.05) is 26.7 Å². The van der Waals surface area contributed by atoms with Crippen molar-refractivity contribution in [3.8, 4) is 0 Å². The van der Waals surface area contributed by atoms with Crippen molar-refractivity contribution in [1.29, 1.82) is 0 Å². The van der Waals surface area contributed by atoms with Gasteiger partial charge in [0.2, 0.25) is 5.91 Å². The summed E-state index contributed by atoms with van der Waals surface area (Å²) in [5.74, 6) is 0.106. The summed E-state index contributed by atoms with van der Waals surface area (Å²) in [6, 6.07) is -1.14. The maximum atomic E-state index is 12.7. The highest BCUT2D eigenvalue weighted by molar-refractivity contribution is 6.09. The van der Waals surface area contributed by atoms with Crippen molar-refractivity contribution in [1.82, 2.24) is 20.4 Å². The molecule has 0 radical (unpaired) electrons. The molecule has 3 fully saturated rings. The lowest BCUT2D eigenvalue weighted by molar-refractivity contribution is -0.142. The molecule has 0 aromatic carbocycles. The van der Waals surface area contributed by atoms with Gasteiger partial charge in [0.15, 0.2) is 0 Å². The number of amides is 4. The molecular formula is C16H26N4O3. The van der Waals surface area contributed by atoms with E-state index in [1.165, 1.54) is 0 Å². The molecule has 2 saturated heterocycles. The standard InChI is InChI=1S/C16H26N4O3/c1-11(13(21)19-8-5-12(10-19)9-17-2)20-14(22)16(18-15(20)23)6-3-4-7-16/h11-12,17H,3-10H2,1-2H3,(H,18,23)/t11-,12+/m0/s1. The highest BCUT2D eigenvalue weighted by Crippen LogP contribution is 2.36. The molecule has 0 unspecified atom stereocenters. The lowest BCUT2D eigenvalue weighted by Gasteiger charge is -2.27. The second-order valence-electron chi connectivity index (χ2n) is 7.07. The van der Waals surface area contributed by atoms with Gasteiger partial charge in [-0.1, -0.05) is 12.8 Å². The van der Waals surface area contributed by atoms with Crippen molar-refractivity contribution in [3.63, 3.8) is 0 Å². The smallest absolute Gasteiger partial charge is 0.325 e. The molecule has 2 N–H and O–H groups in total. The minimum absolute atomic E-state index is 0.123. The number of carbonyl (C=O) groups excluding carboxylic acids is 3. The van der Waals surface area contributed by atoms with Gasteiger partial charge in [-0.3, -0.25) is 9.59 Å². The number of carbonyl (C=O) groups is 3. The number of hydrogen-bond donors (Lipinski definition) is 2. The predicted molar refractivity (Wildman–Crippen MR) is 84.7 cm³/mol. The van der Waals surface area contributed by atoms with Gasteiger partial charge < -0.3 is 15.5 Å². The van der Waals surface area contributed by atoms with E-state index in [0.29, 0.717) is 31.8 Å². The van der Waals surface area contributed by atoms with Crippen LogP contribution in [-0.4, -0.2) is 65.9 Å². The highest BCUT2D eigenvalue weighted by atomic mass is 16.2. The normalized spacial score (nSPS) is 27.8. The number of urea groups is 1. The number of nitrogens with zero attached hydrogens (tertiary/aromatic N) is 2. The molecule has 3 aliphatic rings. The van der Waals surface area contributed by atoms with Crippen molar-refractivity contribution < 1.29 is 14.4 Å². The zero-order valence-electron chi connectivity index (χ0n) is 13.9. The zero-order valence-corrected chi connectivity index (χ0v) is 13.9. The Morgan fingerprint density at radius 1 is 1.39 bits per heavy atom. The van der Waals surface area contributed by atoms with E-state index >= 15 is 0 Å². The molecule has 2 heterocycles. The third kappa shape index (κ3) is 2.71. The topological polar surface area (TPSA) is 81.8 Å². The van der Waals surface area contributed by atoms with E-state index in [-0.39, 0.29) is 11.8 Å². The molecule has 1 spiro atoms. The first kappa shape index (κ1) is 16.2. The maximum Gasteiger partial charge on any atom is 0.325 e. The van der Waals surface area contributed by atoms with Crippen LogP contribution in [0, 0.1) is 5.92 Å². The van der Waals surface area contributed by atoms with Crippen LogP contribution < -0.4 is 10.6 Å². The third-order valence-corrected chi connectivity index (χ3v) is 5.49. The van der Waals surface area contributed by atoms with Gasteiger partial charge in [-0.15, -0.1) is 0 Å². The largest absolute Gasteiger partial charge is 0.341 e. The Hall–Kier alpha value is -1.63. The molecule has 4 amide bonds. The minimum Gasteiger partial charge on any atom is -0.341 e. The van der Waals surface area contributed by atoms with Gasteiger partial charge in [-0.2, -0.15) is 0 Å². The van der Waals surface area contributed by atoms with Gasteiger partial charge in [0, 0.05) is 13.1 Å². The number of hydrogen-bond acceptors (Lipinski definition) is 4. The Kier molecular flexibility index (Phi) is 4.31. The van der Waals surface area contributed by atoms with Crippen LogP contribution in [0.3, 0.4) is 0 Å². The zero-order chi connectivity index (χ0) is 16.6. The van der Waals surface area contributed by atoms with Crippen LogP contribution in [0.5, 0.6) is 0 Å². The van der Waals surface area contributed by atoms with Gasteiger partial charge in [-0.25, -0.2) is 9.69 Å². The predicted octanol–water partition coefficient (Wildman–Crippen LogP) is 0.307. The van der Waals surface area contributed by atoms with E-state index < -0.39 is 17.6 Å². The fourth-order valence-corrected chi connectivity index (χ4v) is 4.17. The molecule has 7 heteroatoms. The van der Waals surface area contributed by atoms with E-state index in [4.69, 9.17) is 0 Å². The van der Waals surface area contributed by atoms with Gasteiger partial charge >= 0.3 is 6.03 Å². The van der Waals surface area contributed by atoms with Gasteiger partial charge in [-0.05, 0) is 45.7 Å². The second-order valence-corrected chi connectivity index (χ2v) is 7.07. The molecule has 2 aliphatic heterocycles. The molecule has 3 rings (SSSR count). The first-order valence-electron chi connectivity index (χ1n) is 8.58. The lowest BCUT2D eigenvalue weighted by atomic mass is 9.97.